The van der Waals surface area contributed by atoms with Gasteiger partial charge < -0.3 is 25.2 Å². The number of rotatable bonds is 8. The van der Waals surface area contributed by atoms with Gasteiger partial charge in [0.15, 0.2) is 0 Å². The number of methoxy groups -OCH3 is 1. The fraction of sp³-hybridized carbons (Fsp3) is 0.290. The lowest BCUT2D eigenvalue weighted by Crippen LogP contribution is -2.46. The minimum absolute atomic E-state index is 0.0186. The van der Waals surface area contributed by atoms with E-state index in [1.165, 1.54) is 6.07 Å². The number of halogens is 1. The zero-order valence-corrected chi connectivity index (χ0v) is 24.3. The number of benzene rings is 2. The molecule has 5 rings (SSSR count). The number of amides is 1. The van der Waals surface area contributed by atoms with Crippen LogP contribution in [-0.2, 0) is 11.3 Å². The molecule has 42 heavy (non-hydrogen) atoms. The smallest absolute Gasteiger partial charge is 0.277 e. The molecule has 2 aromatic heterocycles. The number of aliphatic hydroxyl groups is 1. The second-order valence-corrected chi connectivity index (χ2v) is 10.5. The maximum Gasteiger partial charge on any atom is 0.277 e. The zero-order valence-electron chi connectivity index (χ0n) is 23.5. The molecular weight excluding hydrogens is 558 g/mol. The van der Waals surface area contributed by atoms with E-state index in [9.17, 15) is 14.7 Å². The van der Waals surface area contributed by atoms with Crippen LogP contribution in [0, 0.1) is 13.8 Å². The molecule has 0 saturated carbocycles. The van der Waals surface area contributed by atoms with E-state index >= 15 is 0 Å². The second-order valence-electron chi connectivity index (χ2n) is 10.1. The van der Waals surface area contributed by atoms with E-state index in [2.05, 4.69) is 20.8 Å². The number of nitrogens with zero attached hydrogens (tertiary/aromatic N) is 2. The maximum absolute atomic E-state index is 12.9. The van der Waals surface area contributed by atoms with Crippen molar-refractivity contribution in [1.29, 1.82) is 0 Å². The van der Waals surface area contributed by atoms with Crippen molar-refractivity contribution in [2.75, 3.05) is 25.6 Å². The first-order chi connectivity index (χ1) is 20.3. The third kappa shape index (κ3) is 6.22. The van der Waals surface area contributed by atoms with Gasteiger partial charge in [-0.1, -0.05) is 48.0 Å². The van der Waals surface area contributed by atoms with Gasteiger partial charge in [-0.2, -0.15) is 5.10 Å². The lowest BCUT2D eigenvalue weighted by atomic mass is 9.96. The summed E-state index contributed by atoms with van der Waals surface area (Å²) in [5.74, 6) is -0.0655. The molecule has 2 aromatic carbocycles. The summed E-state index contributed by atoms with van der Waals surface area (Å²) in [6.07, 6.45) is 0.167. The Hall–Kier alpha value is -4.09. The number of carbonyl (C=O) groups excluding carboxylic acids is 1. The highest BCUT2D eigenvalue weighted by molar-refractivity contribution is 6.36. The Morgan fingerprint density at radius 2 is 1.90 bits per heavy atom. The number of hydrogen-bond acceptors (Lipinski definition) is 8. The quantitative estimate of drug-likeness (QED) is 0.239. The summed E-state index contributed by atoms with van der Waals surface area (Å²) in [6.45, 7) is 4.99. The fourth-order valence-corrected chi connectivity index (χ4v) is 5.32. The van der Waals surface area contributed by atoms with Crippen LogP contribution in [0.2, 0.25) is 5.02 Å². The van der Waals surface area contributed by atoms with Gasteiger partial charge in [0.05, 0.1) is 36.2 Å². The molecule has 1 aliphatic heterocycles. The van der Waals surface area contributed by atoms with E-state index in [-0.39, 0.29) is 11.6 Å². The molecule has 0 unspecified atom stereocenters. The number of anilines is 1. The van der Waals surface area contributed by atoms with E-state index in [4.69, 9.17) is 26.1 Å². The first kappa shape index (κ1) is 29.4. The molecule has 2 atom stereocenters. The summed E-state index contributed by atoms with van der Waals surface area (Å²) < 4.78 is 10.9. The van der Waals surface area contributed by atoms with Crippen molar-refractivity contribution in [3.05, 3.63) is 92.4 Å². The van der Waals surface area contributed by atoms with Gasteiger partial charge in [0, 0.05) is 41.6 Å². The van der Waals surface area contributed by atoms with E-state index in [0.717, 1.165) is 34.2 Å². The number of pyridine rings is 1. The molecule has 1 saturated heterocycles. The predicted molar refractivity (Wildman–Crippen MR) is 161 cm³/mol. The van der Waals surface area contributed by atoms with E-state index < -0.39 is 17.6 Å². The molecule has 0 radical (unpaired) electrons. The average Bonchev–Trinajstić information content (AvgIpc) is 2.99. The number of hydrogen-bond donors (Lipinski definition) is 4. The Balaban J connectivity index is 1.41. The average molecular weight is 590 g/mol. The van der Waals surface area contributed by atoms with Crippen molar-refractivity contribution in [2.24, 2.45) is 0 Å². The first-order valence-corrected chi connectivity index (χ1v) is 13.9. The number of H-pyrrole nitrogens is 1. The highest BCUT2D eigenvalue weighted by Gasteiger charge is 2.24. The van der Waals surface area contributed by atoms with Crippen LogP contribution in [-0.4, -0.2) is 58.7 Å². The minimum Gasteiger partial charge on any atom is -0.481 e. The Kier molecular flexibility index (Phi) is 8.98. The van der Waals surface area contributed by atoms with Crippen molar-refractivity contribution in [3.8, 4) is 28.3 Å². The van der Waals surface area contributed by atoms with Crippen LogP contribution in [0.1, 0.15) is 33.6 Å². The van der Waals surface area contributed by atoms with Crippen LogP contribution < -0.4 is 20.9 Å². The van der Waals surface area contributed by atoms with Gasteiger partial charge in [-0.05, 0) is 49.6 Å². The molecule has 1 fully saturated rings. The first-order valence-electron chi connectivity index (χ1n) is 13.6. The lowest BCUT2D eigenvalue weighted by molar-refractivity contribution is -0.0281. The van der Waals surface area contributed by atoms with Gasteiger partial charge in [-0.3, -0.25) is 9.59 Å². The largest absolute Gasteiger partial charge is 0.481 e. The number of aromatic nitrogens is 3. The highest BCUT2D eigenvalue weighted by Crippen LogP contribution is 2.39. The van der Waals surface area contributed by atoms with Crippen molar-refractivity contribution in [2.45, 2.75) is 39.0 Å². The zero-order chi connectivity index (χ0) is 29.8. The Morgan fingerprint density at radius 1 is 1.14 bits per heavy atom. The van der Waals surface area contributed by atoms with Crippen LogP contribution in [0.25, 0.3) is 22.4 Å². The topological polar surface area (TPSA) is 138 Å². The second kappa shape index (κ2) is 12.8. The molecule has 1 aliphatic rings. The Labute approximate surface area is 248 Å². The number of ether oxygens (including phenoxy) is 2. The lowest BCUT2D eigenvalue weighted by Gasteiger charge is -2.28. The maximum atomic E-state index is 12.9. The molecule has 4 aromatic rings. The third-order valence-corrected chi connectivity index (χ3v) is 7.74. The van der Waals surface area contributed by atoms with Crippen LogP contribution >= 0.6 is 11.6 Å². The molecule has 10 nitrogen and oxygen atoms in total. The molecule has 0 aliphatic carbocycles. The number of aliphatic hydroxyl groups excluding tert-OH is 1. The predicted octanol–water partition coefficient (Wildman–Crippen LogP) is 4.27. The summed E-state index contributed by atoms with van der Waals surface area (Å²) in [5, 5.41) is 23.1. The van der Waals surface area contributed by atoms with Gasteiger partial charge >= 0.3 is 0 Å². The van der Waals surface area contributed by atoms with Crippen molar-refractivity contribution in [1.82, 2.24) is 20.5 Å². The highest BCUT2D eigenvalue weighted by atomic mass is 35.5. The molecule has 1 amide bonds. The summed E-state index contributed by atoms with van der Waals surface area (Å²) >= 11 is 6.98. The SMILES string of the molecule is COc1nc(-c2cccc(-c3cccc(NC(=O)c4cc(C)n[nH]c4=O)c3C)c2Cl)ccc1CN[C@@H]1CCOC[C@@H]1O. The van der Waals surface area contributed by atoms with Gasteiger partial charge in [0.1, 0.15) is 5.56 Å². The summed E-state index contributed by atoms with van der Waals surface area (Å²) in [4.78, 5) is 29.8. The molecule has 3 heterocycles. The standard InChI is InChI=1S/C31H32ClN5O5/c1-17-14-23(30(40)37-36-17)29(39)34-24-9-5-6-20(18(24)2)21-7-4-8-22(28(21)32)25-11-10-19(31(35-25)41-3)15-33-26-12-13-42-16-27(26)38/h4-11,14,26-27,33,38H,12-13,15-16H2,1-3H3,(H,34,39)(H,37,40)/t26-,27+/m1/s1. The Morgan fingerprint density at radius 3 is 2.69 bits per heavy atom. The monoisotopic (exact) mass is 589 g/mol. The summed E-state index contributed by atoms with van der Waals surface area (Å²) in [5.41, 5.74) is 5.10. The minimum atomic E-state index is -0.562. The van der Waals surface area contributed by atoms with Gasteiger partial charge in [-0.15, -0.1) is 0 Å². The van der Waals surface area contributed by atoms with Crippen molar-refractivity contribution < 1.29 is 19.4 Å². The van der Waals surface area contributed by atoms with Crippen LogP contribution in [0.15, 0.2) is 59.4 Å². The van der Waals surface area contributed by atoms with Crippen LogP contribution in [0.4, 0.5) is 5.69 Å². The molecule has 218 valence electrons. The van der Waals surface area contributed by atoms with Gasteiger partial charge in [-0.25, -0.2) is 10.1 Å². The van der Waals surface area contributed by atoms with E-state index in [1.807, 2.05) is 49.4 Å². The van der Waals surface area contributed by atoms with E-state index in [1.54, 1.807) is 20.1 Å². The number of carbonyl (C=O) groups is 1. The van der Waals surface area contributed by atoms with E-state index in [0.29, 0.717) is 47.7 Å². The fourth-order valence-electron chi connectivity index (χ4n) is 5.00. The molecule has 0 spiro atoms. The number of aryl methyl sites for hydroxylation is 1. The summed E-state index contributed by atoms with van der Waals surface area (Å²) in [6, 6.07) is 16.4. The number of aromatic amines is 1. The molecule has 11 heteroatoms. The van der Waals surface area contributed by atoms with Crippen LogP contribution in [0.3, 0.4) is 0 Å². The third-order valence-electron chi connectivity index (χ3n) is 7.34. The Bertz CT molecular complexity index is 1670. The summed E-state index contributed by atoms with van der Waals surface area (Å²) in [7, 11) is 1.57. The van der Waals surface area contributed by atoms with Gasteiger partial charge in [0.25, 0.3) is 11.5 Å². The molecule has 0 bridgehead atoms. The van der Waals surface area contributed by atoms with Crippen molar-refractivity contribution in [3.63, 3.8) is 0 Å². The normalized spacial score (nSPS) is 16.7. The number of nitrogens with one attached hydrogen (secondary N) is 3. The van der Waals surface area contributed by atoms with Gasteiger partial charge in [0.2, 0.25) is 5.88 Å². The van der Waals surface area contributed by atoms with Crippen molar-refractivity contribution >= 4 is 23.2 Å². The molecular formula is C31H32ClN5O5. The van der Waals surface area contributed by atoms with Crippen LogP contribution in [0.5, 0.6) is 5.88 Å². The molecule has 4 N–H and O–H groups in total.